The summed E-state index contributed by atoms with van der Waals surface area (Å²) in [6, 6.07) is 9.86. The van der Waals surface area contributed by atoms with Crippen molar-refractivity contribution in [3.05, 3.63) is 77.0 Å². The molecule has 1 fully saturated rings. The van der Waals surface area contributed by atoms with Crippen molar-refractivity contribution < 1.29 is 18.7 Å². The predicted octanol–water partition coefficient (Wildman–Crippen LogP) is 4.85. The van der Waals surface area contributed by atoms with E-state index in [0.717, 1.165) is 17.5 Å². The van der Waals surface area contributed by atoms with Crippen LogP contribution in [0.3, 0.4) is 0 Å². The Hall–Kier alpha value is -4.51. The zero-order chi connectivity index (χ0) is 29.1. The van der Waals surface area contributed by atoms with Crippen LogP contribution < -0.4 is 20.9 Å². The lowest BCUT2D eigenvalue weighted by Crippen LogP contribution is -2.36. The molecule has 1 atom stereocenters. The molecule has 4 aromatic rings. The maximum Gasteiger partial charge on any atom is 0.255 e. The summed E-state index contributed by atoms with van der Waals surface area (Å²) in [5, 5.41) is 13.5. The highest BCUT2D eigenvalue weighted by Crippen LogP contribution is 2.29. The molecule has 3 N–H and O–H groups in total. The van der Waals surface area contributed by atoms with Crippen molar-refractivity contribution in [1.82, 2.24) is 19.9 Å². The number of carbonyl (C=O) groups is 2. The smallest absolute Gasteiger partial charge is 0.255 e. The summed E-state index contributed by atoms with van der Waals surface area (Å²) >= 11 is 0. The van der Waals surface area contributed by atoms with Gasteiger partial charge in [0, 0.05) is 48.0 Å². The summed E-state index contributed by atoms with van der Waals surface area (Å²) in [5.74, 6) is -0.536. The molecule has 2 amide bonds. The lowest BCUT2D eigenvalue weighted by Gasteiger charge is -2.29. The summed E-state index contributed by atoms with van der Waals surface area (Å²) in [5.41, 5.74) is 4.98. The van der Waals surface area contributed by atoms with Crippen LogP contribution >= 0.6 is 0 Å². The van der Waals surface area contributed by atoms with Crippen LogP contribution in [-0.2, 0) is 4.74 Å². The van der Waals surface area contributed by atoms with E-state index in [1.807, 2.05) is 38.7 Å². The normalized spacial score (nSPS) is 14.1. The second-order valence-electron chi connectivity index (χ2n) is 10.3. The van der Waals surface area contributed by atoms with Gasteiger partial charge in [-0.15, -0.1) is 0 Å². The zero-order valence-corrected chi connectivity index (χ0v) is 23.6. The SMILES string of the molecule is CCC(C)NC(=O)c1cn2ncnc(Nc3cc(NC(=O)c4cc(F)cc(N5CCOCC5)c4)ccc3C)c2c1C. The summed E-state index contributed by atoms with van der Waals surface area (Å²) in [4.78, 5) is 32.4. The Morgan fingerprint density at radius 1 is 1.10 bits per heavy atom. The average molecular weight is 560 g/mol. The third-order valence-corrected chi connectivity index (χ3v) is 7.33. The number of aromatic nitrogens is 3. The lowest BCUT2D eigenvalue weighted by molar-refractivity contribution is 0.0938. The molecule has 1 saturated heterocycles. The van der Waals surface area contributed by atoms with E-state index in [0.29, 0.717) is 60.3 Å². The third kappa shape index (κ3) is 6.14. The highest BCUT2D eigenvalue weighted by molar-refractivity contribution is 6.05. The Kier molecular flexibility index (Phi) is 8.16. The minimum Gasteiger partial charge on any atom is -0.378 e. The van der Waals surface area contributed by atoms with E-state index in [4.69, 9.17) is 4.74 Å². The number of hydrogen-bond acceptors (Lipinski definition) is 7. The molecule has 0 radical (unpaired) electrons. The van der Waals surface area contributed by atoms with Crippen LogP contribution in [0.25, 0.3) is 5.52 Å². The molecule has 1 unspecified atom stereocenters. The molecule has 41 heavy (non-hydrogen) atoms. The van der Waals surface area contributed by atoms with E-state index in [2.05, 4.69) is 26.0 Å². The Labute approximate surface area is 237 Å². The molecular weight excluding hydrogens is 525 g/mol. The zero-order valence-electron chi connectivity index (χ0n) is 23.6. The van der Waals surface area contributed by atoms with Crippen LogP contribution in [0.1, 0.15) is 52.1 Å². The summed E-state index contributed by atoms with van der Waals surface area (Å²) < 4.78 is 21.5. The maximum absolute atomic E-state index is 14.4. The van der Waals surface area contributed by atoms with Gasteiger partial charge in [-0.1, -0.05) is 13.0 Å². The number of nitrogens with zero attached hydrogens (tertiary/aromatic N) is 4. The number of ether oxygens (including phenoxy) is 1. The monoisotopic (exact) mass is 559 g/mol. The van der Waals surface area contributed by atoms with E-state index >= 15 is 0 Å². The molecule has 214 valence electrons. The van der Waals surface area contributed by atoms with Gasteiger partial charge in [-0.2, -0.15) is 5.10 Å². The molecule has 2 aromatic carbocycles. The van der Waals surface area contributed by atoms with Crippen molar-refractivity contribution >= 4 is 40.2 Å². The molecule has 2 aromatic heterocycles. The first-order valence-electron chi connectivity index (χ1n) is 13.7. The number of carbonyl (C=O) groups excluding carboxylic acids is 2. The number of fused-ring (bicyclic) bond motifs is 1. The summed E-state index contributed by atoms with van der Waals surface area (Å²) in [6.45, 7) is 10.2. The van der Waals surface area contributed by atoms with Gasteiger partial charge in [0.15, 0.2) is 5.82 Å². The van der Waals surface area contributed by atoms with Crippen molar-refractivity contribution in [1.29, 1.82) is 0 Å². The van der Waals surface area contributed by atoms with Crippen LogP contribution in [0.5, 0.6) is 0 Å². The van der Waals surface area contributed by atoms with Crippen LogP contribution in [0.15, 0.2) is 48.9 Å². The van der Waals surface area contributed by atoms with Gasteiger partial charge in [0.1, 0.15) is 17.7 Å². The van der Waals surface area contributed by atoms with Gasteiger partial charge in [0.25, 0.3) is 11.8 Å². The molecule has 10 nitrogen and oxygen atoms in total. The van der Waals surface area contributed by atoms with E-state index in [-0.39, 0.29) is 17.5 Å². The molecule has 0 aliphatic carbocycles. The van der Waals surface area contributed by atoms with Gasteiger partial charge in [-0.25, -0.2) is 13.9 Å². The Morgan fingerprint density at radius 2 is 1.88 bits per heavy atom. The molecule has 0 bridgehead atoms. The van der Waals surface area contributed by atoms with Crippen molar-refractivity contribution in [2.75, 3.05) is 41.8 Å². The quantitative estimate of drug-likeness (QED) is 0.283. The lowest BCUT2D eigenvalue weighted by atomic mass is 10.1. The van der Waals surface area contributed by atoms with Gasteiger partial charge in [-0.05, 0) is 68.7 Å². The number of benzene rings is 2. The van der Waals surface area contributed by atoms with E-state index in [9.17, 15) is 14.0 Å². The first kappa shape index (κ1) is 28.0. The summed E-state index contributed by atoms with van der Waals surface area (Å²) in [7, 11) is 0. The number of aryl methyl sites for hydroxylation is 2. The standard InChI is InChI=1S/C30H34FN7O3/c1-5-19(3)34-30(40)25-16-38-27(20(25)4)28(32-17-33-38)36-26-15-23(7-6-18(26)2)35-29(39)21-12-22(31)14-24(13-21)37-8-10-41-11-9-37/h6-7,12-17,19H,5,8-11H2,1-4H3,(H,34,40)(H,35,39)(H,32,33,36). The predicted molar refractivity (Wildman–Crippen MR) is 157 cm³/mol. The average Bonchev–Trinajstić information content (AvgIpc) is 3.32. The van der Waals surface area contributed by atoms with Gasteiger partial charge < -0.3 is 25.6 Å². The second kappa shape index (κ2) is 11.9. The minimum absolute atomic E-state index is 0.0486. The minimum atomic E-state index is -0.474. The maximum atomic E-state index is 14.4. The van der Waals surface area contributed by atoms with Gasteiger partial charge in [0.2, 0.25) is 0 Å². The van der Waals surface area contributed by atoms with Gasteiger partial charge in [0.05, 0.1) is 18.8 Å². The van der Waals surface area contributed by atoms with Crippen LogP contribution in [0, 0.1) is 19.7 Å². The van der Waals surface area contributed by atoms with Gasteiger partial charge in [-0.3, -0.25) is 9.59 Å². The number of rotatable bonds is 8. The molecule has 1 aliphatic rings. The van der Waals surface area contributed by atoms with Gasteiger partial charge >= 0.3 is 0 Å². The first-order chi connectivity index (χ1) is 19.7. The number of morpholine rings is 1. The Balaban J connectivity index is 1.38. The number of anilines is 4. The molecule has 1 aliphatic heterocycles. The molecular formula is C30H34FN7O3. The van der Waals surface area contributed by atoms with E-state index in [1.54, 1.807) is 28.9 Å². The topological polar surface area (TPSA) is 113 Å². The summed E-state index contributed by atoms with van der Waals surface area (Å²) in [6.07, 6.45) is 3.94. The molecule has 0 spiro atoms. The fourth-order valence-corrected chi connectivity index (χ4v) is 4.76. The van der Waals surface area contributed by atoms with E-state index in [1.165, 1.54) is 18.5 Å². The Morgan fingerprint density at radius 3 is 2.63 bits per heavy atom. The van der Waals surface area contributed by atoms with Crippen LogP contribution in [-0.4, -0.2) is 58.8 Å². The highest BCUT2D eigenvalue weighted by atomic mass is 19.1. The van der Waals surface area contributed by atoms with Crippen molar-refractivity contribution in [3.63, 3.8) is 0 Å². The Bertz CT molecular complexity index is 1600. The van der Waals surface area contributed by atoms with Crippen LogP contribution in [0.2, 0.25) is 0 Å². The highest BCUT2D eigenvalue weighted by Gasteiger charge is 2.20. The fourth-order valence-electron chi connectivity index (χ4n) is 4.76. The number of amides is 2. The largest absolute Gasteiger partial charge is 0.378 e. The number of hydrogen-bond donors (Lipinski definition) is 3. The molecule has 11 heteroatoms. The second-order valence-corrected chi connectivity index (χ2v) is 10.3. The van der Waals surface area contributed by atoms with Crippen LogP contribution in [0.4, 0.5) is 27.3 Å². The molecule has 5 rings (SSSR count). The third-order valence-electron chi connectivity index (χ3n) is 7.33. The van der Waals surface area contributed by atoms with Crippen molar-refractivity contribution in [2.24, 2.45) is 0 Å². The number of halogens is 1. The first-order valence-corrected chi connectivity index (χ1v) is 13.7. The molecule has 0 saturated carbocycles. The fraction of sp³-hybridized carbons (Fsp3) is 0.333. The molecule has 3 heterocycles. The van der Waals surface area contributed by atoms with E-state index < -0.39 is 11.7 Å². The number of nitrogens with one attached hydrogen (secondary N) is 3. The van der Waals surface area contributed by atoms with Crippen molar-refractivity contribution in [2.45, 2.75) is 40.2 Å². The van der Waals surface area contributed by atoms with Crippen molar-refractivity contribution in [3.8, 4) is 0 Å².